The normalized spacial score (nSPS) is 18.0. The van der Waals surface area contributed by atoms with Gasteiger partial charge in [-0.3, -0.25) is 4.79 Å². The highest BCUT2D eigenvalue weighted by molar-refractivity contribution is 5.90. The van der Waals surface area contributed by atoms with Crippen molar-refractivity contribution >= 4 is 28.6 Å². The fraction of sp³-hybridized carbons (Fsp3) is 0.545. The molecule has 1 amide bonds. The molecule has 0 radical (unpaired) electrons. The summed E-state index contributed by atoms with van der Waals surface area (Å²) in [5, 5.41) is 18.8. The lowest BCUT2D eigenvalue weighted by Gasteiger charge is -2.30. The van der Waals surface area contributed by atoms with Crippen LogP contribution in [-0.4, -0.2) is 47.2 Å². The van der Waals surface area contributed by atoms with Crippen LogP contribution in [0.15, 0.2) is 36.4 Å². The first kappa shape index (κ1) is 29.6. The minimum atomic E-state index is -0.180. The van der Waals surface area contributed by atoms with Crippen LogP contribution in [0.25, 0.3) is 10.9 Å². The SMILES string of the molecule is CN(C)c1nc(N[C@H]2CC[C@@H](NC(=O)CCc3cc(C(C)(C)C)c(O)c(C(C)(C)C)c3)CC2)nc2ccccc12. The number of nitrogens with one attached hydrogen (secondary N) is 2. The van der Waals surface area contributed by atoms with Gasteiger partial charge in [-0.15, -0.1) is 0 Å². The lowest BCUT2D eigenvalue weighted by Crippen LogP contribution is -2.40. The highest BCUT2D eigenvalue weighted by Crippen LogP contribution is 2.40. The first-order chi connectivity index (χ1) is 18.7. The number of para-hydroxylation sites is 1. The molecule has 1 fully saturated rings. The molecule has 216 valence electrons. The summed E-state index contributed by atoms with van der Waals surface area (Å²) < 4.78 is 0. The molecule has 1 aliphatic rings. The van der Waals surface area contributed by atoms with Gasteiger partial charge in [-0.25, -0.2) is 4.98 Å². The van der Waals surface area contributed by atoms with Crippen LogP contribution in [0.1, 0.15) is 90.3 Å². The van der Waals surface area contributed by atoms with E-state index in [0.717, 1.165) is 59.1 Å². The van der Waals surface area contributed by atoms with Crippen LogP contribution in [0, 0.1) is 0 Å². The molecule has 2 aromatic carbocycles. The second kappa shape index (κ2) is 11.6. The highest BCUT2D eigenvalue weighted by Gasteiger charge is 2.27. The number of carbonyl (C=O) groups is 1. The van der Waals surface area contributed by atoms with Crippen LogP contribution in [0.5, 0.6) is 5.75 Å². The summed E-state index contributed by atoms with van der Waals surface area (Å²) in [4.78, 5) is 24.5. The number of hydrogen-bond donors (Lipinski definition) is 3. The molecule has 7 nitrogen and oxygen atoms in total. The standard InChI is InChI=1S/C33H47N5O2/c1-32(2,3)25-19-21(20-26(29(25)40)33(4,5)6)13-18-28(39)34-22-14-16-23(17-15-22)35-31-36-27-12-10-9-11-24(27)30(37-31)38(7)8/h9-12,19-20,22-23,40H,13-18H2,1-8H3,(H,34,39)(H,35,36,37)/t22-,23+. The van der Waals surface area contributed by atoms with Crippen LogP contribution >= 0.6 is 0 Å². The lowest BCUT2D eigenvalue weighted by molar-refractivity contribution is -0.122. The predicted octanol–water partition coefficient (Wildman–Crippen LogP) is 6.47. The van der Waals surface area contributed by atoms with Crippen molar-refractivity contribution in [3.8, 4) is 5.75 Å². The molecule has 3 aromatic rings. The molecule has 4 rings (SSSR count). The Morgan fingerprint density at radius 3 is 2.08 bits per heavy atom. The van der Waals surface area contributed by atoms with Crippen molar-refractivity contribution in [1.82, 2.24) is 15.3 Å². The molecule has 3 N–H and O–H groups in total. The van der Waals surface area contributed by atoms with Crippen molar-refractivity contribution in [3.05, 3.63) is 53.1 Å². The zero-order valence-electron chi connectivity index (χ0n) is 25.6. The summed E-state index contributed by atoms with van der Waals surface area (Å²) in [6, 6.07) is 12.7. The van der Waals surface area contributed by atoms with Gasteiger partial charge in [0.1, 0.15) is 11.6 Å². The predicted molar refractivity (Wildman–Crippen MR) is 166 cm³/mol. The second-order valence-electron chi connectivity index (χ2n) is 13.6. The molecule has 1 aliphatic carbocycles. The average Bonchev–Trinajstić information content (AvgIpc) is 2.87. The van der Waals surface area contributed by atoms with Crippen LogP contribution < -0.4 is 15.5 Å². The topological polar surface area (TPSA) is 90.4 Å². The van der Waals surface area contributed by atoms with Crippen LogP contribution in [-0.2, 0) is 22.0 Å². The van der Waals surface area contributed by atoms with Gasteiger partial charge in [0.2, 0.25) is 11.9 Å². The van der Waals surface area contributed by atoms with E-state index in [2.05, 4.69) is 70.4 Å². The van der Waals surface area contributed by atoms with Gasteiger partial charge in [0.15, 0.2) is 0 Å². The number of hydrogen-bond acceptors (Lipinski definition) is 6. The molecule has 0 spiro atoms. The summed E-state index contributed by atoms with van der Waals surface area (Å²) >= 11 is 0. The van der Waals surface area contributed by atoms with E-state index in [-0.39, 0.29) is 28.8 Å². The number of anilines is 2. The molecular weight excluding hydrogens is 498 g/mol. The minimum absolute atomic E-state index is 0.0904. The summed E-state index contributed by atoms with van der Waals surface area (Å²) in [5.41, 5.74) is 3.55. The molecule has 1 saturated carbocycles. The van der Waals surface area contributed by atoms with Crippen LogP contribution in [0.3, 0.4) is 0 Å². The highest BCUT2D eigenvalue weighted by atomic mass is 16.3. The molecule has 1 heterocycles. The van der Waals surface area contributed by atoms with Crippen molar-refractivity contribution in [3.63, 3.8) is 0 Å². The number of phenolic OH excluding ortho intramolecular Hbond substituents is 1. The van der Waals surface area contributed by atoms with Gasteiger partial charge in [-0.1, -0.05) is 65.8 Å². The lowest BCUT2D eigenvalue weighted by atomic mass is 9.78. The number of aromatic hydroxyl groups is 1. The third-order valence-corrected chi connectivity index (χ3v) is 7.86. The van der Waals surface area contributed by atoms with E-state index >= 15 is 0 Å². The fourth-order valence-electron chi connectivity index (χ4n) is 5.57. The van der Waals surface area contributed by atoms with Gasteiger partial charge in [-0.2, -0.15) is 4.98 Å². The first-order valence-electron chi connectivity index (χ1n) is 14.6. The van der Waals surface area contributed by atoms with Crippen LogP contribution in [0.2, 0.25) is 0 Å². The van der Waals surface area contributed by atoms with Crippen molar-refractivity contribution in [2.75, 3.05) is 24.3 Å². The number of nitrogens with zero attached hydrogens (tertiary/aromatic N) is 3. The third-order valence-electron chi connectivity index (χ3n) is 7.86. The number of amides is 1. The second-order valence-corrected chi connectivity index (χ2v) is 13.6. The van der Waals surface area contributed by atoms with Crippen molar-refractivity contribution < 1.29 is 9.90 Å². The number of aromatic nitrogens is 2. The number of carbonyl (C=O) groups excluding carboxylic acids is 1. The molecule has 0 saturated heterocycles. The number of benzene rings is 2. The van der Waals surface area contributed by atoms with E-state index in [1.807, 2.05) is 37.2 Å². The number of aryl methyl sites for hydroxylation is 1. The summed E-state index contributed by atoms with van der Waals surface area (Å²) in [7, 11) is 4.00. The average molecular weight is 546 g/mol. The fourth-order valence-corrected chi connectivity index (χ4v) is 5.57. The number of phenols is 1. The minimum Gasteiger partial charge on any atom is -0.507 e. The maximum Gasteiger partial charge on any atom is 0.225 e. The molecule has 40 heavy (non-hydrogen) atoms. The quantitative estimate of drug-likeness (QED) is 0.315. The Bertz CT molecular complexity index is 1310. The molecule has 0 atom stereocenters. The van der Waals surface area contributed by atoms with Gasteiger partial charge in [0, 0.05) is 38.0 Å². The van der Waals surface area contributed by atoms with Gasteiger partial charge >= 0.3 is 0 Å². The smallest absolute Gasteiger partial charge is 0.225 e. The van der Waals surface area contributed by atoms with Gasteiger partial charge < -0.3 is 20.6 Å². The Morgan fingerprint density at radius 1 is 0.925 bits per heavy atom. The summed E-state index contributed by atoms with van der Waals surface area (Å²) in [5.74, 6) is 2.04. The van der Waals surface area contributed by atoms with Crippen molar-refractivity contribution in [2.45, 2.75) is 103 Å². The number of rotatable bonds is 7. The van der Waals surface area contributed by atoms with Crippen molar-refractivity contribution in [1.29, 1.82) is 0 Å². The maximum absolute atomic E-state index is 12.9. The molecule has 0 aliphatic heterocycles. The van der Waals surface area contributed by atoms with Gasteiger partial charge in [-0.05, 0) is 71.8 Å². The van der Waals surface area contributed by atoms with Gasteiger partial charge in [0.25, 0.3) is 0 Å². The third kappa shape index (κ3) is 7.04. The number of fused-ring (bicyclic) bond motifs is 1. The zero-order chi connectivity index (χ0) is 29.2. The molecule has 0 bridgehead atoms. The Labute approximate surface area is 239 Å². The van der Waals surface area contributed by atoms with E-state index in [4.69, 9.17) is 9.97 Å². The van der Waals surface area contributed by atoms with E-state index in [9.17, 15) is 9.90 Å². The molecule has 1 aromatic heterocycles. The zero-order valence-corrected chi connectivity index (χ0v) is 25.6. The van der Waals surface area contributed by atoms with E-state index in [0.29, 0.717) is 24.5 Å². The Hall–Kier alpha value is -3.35. The molecule has 7 heteroatoms. The van der Waals surface area contributed by atoms with E-state index in [1.165, 1.54) is 0 Å². The largest absolute Gasteiger partial charge is 0.507 e. The molecular formula is C33H47N5O2. The summed E-state index contributed by atoms with van der Waals surface area (Å²) in [6.07, 6.45) is 4.87. The van der Waals surface area contributed by atoms with Crippen LogP contribution in [0.4, 0.5) is 11.8 Å². The Morgan fingerprint density at radius 2 is 1.50 bits per heavy atom. The maximum atomic E-state index is 12.9. The van der Waals surface area contributed by atoms with Crippen molar-refractivity contribution in [2.24, 2.45) is 0 Å². The Kier molecular flexibility index (Phi) is 8.62. The first-order valence-corrected chi connectivity index (χ1v) is 14.6. The monoisotopic (exact) mass is 545 g/mol. The van der Waals surface area contributed by atoms with Gasteiger partial charge in [0.05, 0.1) is 5.52 Å². The van der Waals surface area contributed by atoms with E-state index in [1.54, 1.807) is 0 Å². The summed E-state index contributed by atoms with van der Waals surface area (Å²) in [6.45, 7) is 12.7. The van der Waals surface area contributed by atoms with E-state index < -0.39 is 0 Å². The molecule has 0 unspecified atom stereocenters. The Balaban J connectivity index is 1.33.